The number of hydrogen-bond acceptors (Lipinski definition) is 2. The highest BCUT2D eigenvalue weighted by molar-refractivity contribution is 5.79. The summed E-state index contributed by atoms with van der Waals surface area (Å²) in [5.74, 6) is 0.415. The van der Waals surface area contributed by atoms with Gasteiger partial charge in [0.25, 0.3) is 0 Å². The highest BCUT2D eigenvalue weighted by atomic mass is 16.2. The Hall–Kier alpha value is -1.06. The second-order valence-electron chi connectivity index (χ2n) is 3.98. The van der Waals surface area contributed by atoms with Crippen molar-refractivity contribution in [3.05, 3.63) is 0 Å². The first-order valence-corrected chi connectivity index (χ1v) is 5.71. The normalized spacial score (nSPS) is 17.0. The van der Waals surface area contributed by atoms with Crippen LogP contribution in [0.1, 0.15) is 26.7 Å². The lowest BCUT2D eigenvalue weighted by molar-refractivity contribution is -0.139. The molecule has 0 saturated carbocycles. The molecule has 0 spiro atoms. The van der Waals surface area contributed by atoms with Gasteiger partial charge in [-0.25, -0.2) is 0 Å². The van der Waals surface area contributed by atoms with Gasteiger partial charge in [0.05, 0.1) is 0 Å². The van der Waals surface area contributed by atoms with Gasteiger partial charge in [-0.2, -0.15) is 0 Å². The predicted molar refractivity (Wildman–Crippen MR) is 58.3 cm³/mol. The van der Waals surface area contributed by atoms with Gasteiger partial charge in [0.2, 0.25) is 12.3 Å². The van der Waals surface area contributed by atoms with Crippen LogP contribution in [0.5, 0.6) is 0 Å². The van der Waals surface area contributed by atoms with E-state index in [0.717, 1.165) is 19.3 Å². The molecule has 1 rings (SSSR count). The highest BCUT2D eigenvalue weighted by Gasteiger charge is 2.24. The van der Waals surface area contributed by atoms with E-state index in [1.165, 1.54) is 0 Å². The van der Waals surface area contributed by atoms with E-state index >= 15 is 0 Å². The molecule has 4 heteroatoms. The van der Waals surface area contributed by atoms with E-state index in [9.17, 15) is 9.59 Å². The zero-order valence-corrected chi connectivity index (χ0v) is 9.61. The minimum absolute atomic E-state index is 0.160. The molecule has 0 aromatic rings. The first-order chi connectivity index (χ1) is 7.22. The first kappa shape index (κ1) is 12.0. The summed E-state index contributed by atoms with van der Waals surface area (Å²) in [5.41, 5.74) is 0. The number of hydrogen-bond donors (Lipinski definition) is 0. The molecule has 86 valence electrons. The van der Waals surface area contributed by atoms with Gasteiger partial charge in [-0.3, -0.25) is 9.59 Å². The molecular formula is C11H20N2O2. The lowest BCUT2D eigenvalue weighted by atomic mass is 10.0. The zero-order valence-electron chi connectivity index (χ0n) is 9.61. The quantitative estimate of drug-likeness (QED) is 0.644. The van der Waals surface area contributed by atoms with Crippen LogP contribution in [0.4, 0.5) is 0 Å². The van der Waals surface area contributed by atoms with Crippen LogP contribution in [0, 0.1) is 5.92 Å². The van der Waals surface area contributed by atoms with Crippen molar-refractivity contribution >= 4 is 12.3 Å². The fraction of sp³-hybridized carbons (Fsp3) is 0.818. The van der Waals surface area contributed by atoms with Crippen molar-refractivity contribution in [3.8, 4) is 0 Å². The molecule has 0 N–H and O–H groups in total. The summed E-state index contributed by atoms with van der Waals surface area (Å²) >= 11 is 0. The molecule has 1 fully saturated rings. The number of piperazine rings is 1. The van der Waals surface area contributed by atoms with Crippen molar-refractivity contribution in [2.45, 2.75) is 26.7 Å². The van der Waals surface area contributed by atoms with Crippen LogP contribution in [0.2, 0.25) is 0 Å². The van der Waals surface area contributed by atoms with E-state index in [1.54, 1.807) is 4.90 Å². The molecule has 0 unspecified atom stereocenters. The molecule has 0 atom stereocenters. The molecule has 1 aliphatic rings. The first-order valence-electron chi connectivity index (χ1n) is 5.71. The SMILES string of the molecule is CCC(CC)C(=O)N1CCN(C=O)CC1. The van der Waals surface area contributed by atoms with E-state index in [4.69, 9.17) is 0 Å². The van der Waals surface area contributed by atoms with E-state index in [0.29, 0.717) is 26.2 Å². The summed E-state index contributed by atoms with van der Waals surface area (Å²) in [7, 11) is 0. The Bertz CT molecular complexity index is 219. The van der Waals surface area contributed by atoms with Gasteiger partial charge < -0.3 is 9.80 Å². The largest absolute Gasteiger partial charge is 0.342 e. The molecule has 2 amide bonds. The Labute approximate surface area is 91.2 Å². The summed E-state index contributed by atoms with van der Waals surface area (Å²) in [4.78, 5) is 26.1. The fourth-order valence-electron chi connectivity index (χ4n) is 1.94. The smallest absolute Gasteiger partial charge is 0.225 e. The standard InChI is InChI=1S/C11H20N2O2/c1-3-10(4-2)11(15)13-7-5-12(9-14)6-8-13/h9-10H,3-8H2,1-2H3. The monoisotopic (exact) mass is 212 g/mol. The number of carbonyl (C=O) groups excluding carboxylic acids is 2. The summed E-state index contributed by atoms with van der Waals surface area (Å²) in [5, 5.41) is 0. The van der Waals surface area contributed by atoms with Crippen molar-refractivity contribution < 1.29 is 9.59 Å². The maximum atomic E-state index is 12.0. The number of amides is 2. The van der Waals surface area contributed by atoms with E-state index in [1.807, 2.05) is 18.7 Å². The molecule has 1 aliphatic heterocycles. The van der Waals surface area contributed by atoms with Crippen LogP contribution in [-0.4, -0.2) is 48.3 Å². The summed E-state index contributed by atoms with van der Waals surface area (Å²) < 4.78 is 0. The minimum Gasteiger partial charge on any atom is -0.342 e. The van der Waals surface area contributed by atoms with Crippen molar-refractivity contribution in [2.75, 3.05) is 26.2 Å². The Morgan fingerprint density at radius 3 is 2.13 bits per heavy atom. The average molecular weight is 212 g/mol. The van der Waals surface area contributed by atoms with Crippen LogP contribution in [0.25, 0.3) is 0 Å². The highest BCUT2D eigenvalue weighted by Crippen LogP contribution is 2.13. The van der Waals surface area contributed by atoms with Crippen LogP contribution in [0.15, 0.2) is 0 Å². The van der Waals surface area contributed by atoms with E-state index < -0.39 is 0 Å². The van der Waals surface area contributed by atoms with Crippen LogP contribution in [0.3, 0.4) is 0 Å². The summed E-state index contributed by atoms with van der Waals surface area (Å²) in [6.45, 7) is 6.83. The number of rotatable bonds is 4. The van der Waals surface area contributed by atoms with Gasteiger partial charge in [0.15, 0.2) is 0 Å². The number of nitrogens with zero attached hydrogens (tertiary/aromatic N) is 2. The van der Waals surface area contributed by atoms with Gasteiger partial charge in [-0.05, 0) is 12.8 Å². The van der Waals surface area contributed by atoms with Gasteiger partial charge in [0.1, 0.15) is 0 Å². The third kappa shape index (κ3) is 2.94. The Kier molecular flexibility index (Phi) is 4.59. The molecule has 0 aromatic heterocycles. The molecule has 0 aliphatic carbocycles. The third-order valence-corrected chi connectivity index (χ3v) is 3.11. The minimum atomic E-state index is 0.160. The second-order valence-corrected chi connectivity index (χ2v) is 3.98. The topological polar surface area (TPSA) is 40.6 Å². The van der Waals surface area contributed by atoms with Crippen molar-refractivity contribution in [1.82, 2.24) is 9.80 Å². The predicted octanol–water partition coefficient (Wildman–Crippen LogP) is 0.723. The fourth-order valence-corrected chi connectivity index (χ4v) is 1.94. The average Bonchev–Trinajstić information content (AvgIpc) is 2.30. The molecule has 15 heavy (non-hydrogen) atoms. The van der Waals surface area contributed by atoms with E-state index in [2.05, 4.69) is 0 Å². The van der Waals surface area contributed by atoms with Crippen LogP contribution in [-0.2, 0) is 9.59 Å². The van der Waals surface area contributed by atoms with Crippen molar-refractivity contribution in [1.29, 1.82) is 0 Å². The molecular weight excluding hydrogens is 192 g/mol. The summed E-state index contributed by atoms with van der Waals surface area (Å²) in [6, 6.07) is 0. The molecule has 1 heterocycles. The number of carbonyl (C=O) groups is 2. The Morgan fingerprint density at radius 2 is 1.73 bits per heavy atom. The lowest BCUT2D eigenvalue weighted by Gasteiger charge is -2.34. The lowest BCUT2D eigenvalue weighted by Crippen LogP contribution is -2.49. The zero-order chi connectivity index (χ0) is 11.3. The molecule has 0 aromatic carbocycles. The van der Waals surface area contributed by atoms with Crippen LogP contribution >= 0.6 is 0 Å². The molecule has 1 saturated heterocycles. The molecule has 4 nitrogen and oxygen atoms in total. The Balaban J connectivity index is 2.45. The Morgan fingerprint density at radius 1 is 1.20 bits per heavy atom. The third-order valence-electron chi connectivity index (χ3n) is 3.11. The summed E-state index contributed by atoms with van der Waals surface area (Å²) in [6.07, 6.45) is 2.67. The van der Waals surface area contributed by atoms with Gasteiger partial charge in [-0.1, -0.05) is 13.8 Å². The second kappa shape index (κ2) is 5.73. The van der Waals surface area contributed by atoms with Crippen molar-refractivity contribution in [2.24, 2.45) is 5.92 Å². The van der Waals surface area contributed by atoms with Gasteiger partial charge in [-0.15, -0.1) is 0 Å². The van der Waals surface area contributed by atoms with Gasteiger partial charge in [0, 0.05) is 32.1 Å². The van der Waals surface area contributed by atoms with E-state index in [-0.39, 0.29) is 11.8 Å². The van der Waals surface area contributed by atoms with Crippen LogP contribution < -0.4 is 0 Å². The van der Waals surface area contributed by atoms with Crippen molar-refractivity contribution in [3.63, 3.8) is 0 Å². The van der Waals surface area contributed by atoms with Gasteiger partial charge >= 0.3 is 0 Å². The molecule has 0 bridgehead atoms. The molecule has 0 radical (unpaired) electrons. The maximum Gasteiger partial charge on any atom is 0.225 e. The maximum absolute atomic E-state index is 12.0.